The van der Waals surface area contributed by atoms with Gasteiger partial charge in [-0.1, -0.05) is 6.58 Å². The first-order valence-electron chi connectivity index (χ1n) is 8.33. The van der Waals surface area contributed by atoms with Crippen molar-refractivity contribution in [2.24, 2.45) is 0 Å². The summed E-state index contributed by atoms with van der Waals surface area (Å²) < 4.78 is 16.8. The molecule has 0 amide bonds. The van der Waals surface area contributed by atoms with Gasteiger partial charge in [0, 0.05) is 18.5 Å². The maximum atomic E-state index is 12.3. The molecule has 0 N–H and O–H groups in total. The van der Waals surface area contributed by atoms with Gasteiger partial charge in [0.1, 0.15) is 5.75 Å². The molecule has 1 aromatic heterocycles. The number of pyridine rings is 1. The average Bonchev–Trinajstić information content (AvgIpc) is 3.15. The molecule has 0 spiro atoms. The van der Waals surface area contributed by atoms with Gasteiger partial charge in [0.25, 0.3) is 0 Å². The molecule has 0 radical (unpaired) electrons. The van der Waals surface area contributed by atoms with Crippen LogP contribution in [-0.2, 0) is 4.79 Å². The van der Waals surface area contributed by atoms with E-state index in [1.807, 2.05) is 0 Å². The molecule has 0 unspecified atom stereocenters. The number of hydrogen-bond donors (Lipinski definition) is 0. The monoisotopic (exact) mass is 339 g/mol. The Morgan fingerprint density at radius 2 is 1.84 bits per heavy atom. The van der Waals surface area contributed by atoms with Gasteiger partial charge < -0.3 is 14.2 Å². The third kappa shape index (κ3) is 4.18. The van der Waals surface area contributed by atoms with Crippen LogP contribution in [0.4, 0.5) is 0 Å². The van der Waals surface area contributed by atoms with E-state index in [4.69, 9.17) is 14.2 Å². The molecular formula is C20H21NO4. The second-order valence-electron chi connectivity index (χ2n) is 5.94. The van der Waals surface area contributed by atoms with Gasteiger partial charge in [-0.15, -0.1) is 0 Å². The summed E-state index contributed by atoms with van der Waals surface area (Å²) in [6.07, 6.45) is 7.81. The quantitative estimate of drug-likeness (QED) is 0.452. The van der Waals surface area contributed by atoms with Gasteiger partial charge in [0.15, 0.2) is 11.5 Å². The van der Waals surface area contributed by atoms with Crippen LogP contribution in [0.3, 0.4) is 0 Å². The predicted octanol–water partition coefficient (Wildman–Crippen LogP) is 4.03. The van der Waals surface area contributed by atoms with Crippen molar-refractivity contribution in [2.75, 3.05) is 7.11 Å². The smallest absolute Gasteiger partial charge is 0.343 e. The topological polar surface area (TPSA) is 57.7 Å². The standard InChI is InChI=1S/C20H21NO4/c1-14(15-9-11-21-12-10-15)20(22)25-17-7-8-18(23-2)19(13-17)24-16-5-3-4-6-16/h7-13,16H,1,3-6H2,2H3. The van der Waals surface area contributed by atoms with Crippen molar-refractivity contribution in [3.63, 3.8) is 0 Å². The van der Waals surface area contributed by atoms with E-state index in [2.05, 4.69) is 11.6 Å². The van der Waals surface area contributed by atoms with Crippen LogP contribution in [0.1, 0.15) is 31.2 Å². The van der Waals surface area contributed by atoms with E-state index in [0.29, 0.717) is 22.8 Å². The molecule has 0 saturated heterocycles. The van der Waals surface area contributed by atoms with Gasteiger partial charge in [-0.2, -0.15) is 0 Å². The predicted molar refractivity (Wildman–Crippen MR) is 94.8 cm³/mol. The second kappa shape index (κ2) is 7.83. The number of ether oxygens (including phenoxy) is 3. The zero-order valence-electron chi connectivity index (χ0n) is 14.2. The van der Waals surface area contributed by atoms with Crippen LogP contribution in [0.2, 0.25) is 0 Å². The van der Waals surface area contributed by atoms with E-state index < -0.39 is 5.97 Å². The summed E-state index contributed by atoms with van der Waals surface area (Å²) in [6.45, 7) is 3.80. The second-order valence-corrected chi connectivity index (χ2v) is 5.94. The normalized spacial score (nSPS) is 14.1. The van der Waals surface area contributed by atoms with E-state index in [1.165, 1.54) is 12.8 Å². The van der Waals surface area contributed by atoms with Gasteiger partial charge in [0.05, 0.1) is 18.8 Å². The summed E-state index contributed by atoms with van der Waals surface area (Å²) in [6, 6.07) is 8.54. The Morgan fingerprint density at radius 3 is 2.52 bits per heavy atom. The Bertz CT molecular complexity index is 752. The fourth-order valence-corrected chi connectivity index (χ4v) is 2.84. The highest BCUT2D eigenvalue weighted by atomic mass is 16.5. The maximum Gasteiger partial charge on any atom is 0.343 e. The van der Waals surface area contributed by atoms with E-state index in [0.717, 1.165) is 12.8 Å². The first kappa shape index (κ1) is 17.0. The average molecular weight is 339 g/mol. The molecule has 0 aliphatic heterocycles. The zero-order chi connectivity index (χ0) is 17.6. The minimum atomic E-state index is -0.511. The van der Waals surface area contributed by atoms with Crippen LogP contribution in [0.5, 0.6) is 17.2 Å². The third-order valence-electron chi connectivity index (χ3n) is 4.22. The van der Waals surface area contributed by atoms with Crippen LogP contribution in [-0.4, -0.2) is 24.2 Å². The molecule has 0 atom stereocenters. The molecule has 1 aliphatic carbocycles. The summed E-state index contributed by atoms with van der Waals surface area (Å²) in [5, 5.41) is 0. The minimum Gasteiger partial charge on any atom is -0.493 e. The first-order valence-corrected chi connectivity index (χ1v) is 8.33. The number of aromatic nitrogens is 1. The molecule has 0 bridgehead atoms. The van der Waals surface area contributed by atoms with Crippen molar-refractivity contribution in [2.45, 2.75) is 31.8 Å². The van der Waals surface area contributed by atoms with Crippen molar-refractivity contribution in [1.29, 1.82) is 0 Å². The molecule has 3 rings (SSSR count). The first-order chi connectivity index (χ1) is 12.2. The third-order valence-corrected chi connectivity index (χ3v) is 4.22. The molecule has 130 valence electrons. The van der Waals surface area contributed by atoms with Crippen LogP contribution in [0.15, 0.2) is 49.3 Å². The van der Waals surface area contributed by atoms with Crippen LogP contribution in [0.25, 0.3) is 5.57 Å². The Hall–Kier alpha value is -2.82. The molecule has 1 saturated carbocycles. The van der Waals surface area contributed by atoms with Gasteiger partial charge in [-0.3, -0.25) is 4.98 Å². The summed E-state index contributed by atoms with van der Waals surface area (Å²) in [4.78, 5) is 16.2. The van der Waals surface area contributed by atoms with E-state index in [9.17, 15) is 4.79 Å². The van der Waals surface area contributed by atoms with E-state index in [-0.39, 0.29) is 11.7 Å². The van der Waals surface area contributed by atoms with Crippen molar-refractivity contribution in [3.8, 4) is 17.2 Å². The summed E-state index contributed by atoms with van der Waals surface area (Å²) in [5.74, 6) is 1.10. The van der Waals surface area contributed by atoms with Crippen molar-refractivity contribution >= 4 is 11.5 Å². The Balaban J connectivity index is 1.73. The highest BCUT2D eigenvalue weighted by Gasteiger charge is 2.20. The summed E-state index contributed by atoms with van der Waals surface area (Å²) in [5.41, 5.74) is 0.951. The number of esters is 1. The fourth-order valence-electron chi connectivity index (χ4n) is 2.84. The lowest BCUT2D eigenvalue weighted by atomic mass is 10.1. The lowest BCUT2D eigenvalue weighted by Crippen LogP contribution is -2.13. The molecular weight excluding hydrogens is 318 g/mol. The fraction of sp³-hybridized carbons (Fsp3) is 0.300. The van der Waals surface area contributed by atoms with Crippen molar-refractivity contribution < 1.29 is 19.0 Å². The van der Waals surface area contributed by atoms with Crippen molar-refractivity contribution in [1.82, 2.24) is 4.98 Å². The molecule has 1 aliphatic rings. The number of nitrogens with zero attached hydrogens (tertiary/aromatic N) is 1. The Labute approximate surface area is 147 Å². The molecule has 5 heteroatoms. The van der Waals surface area contributed by atoms with Crippen LogP contribution in [0, 0.1) is 0 Å². The number of rotatable bonds is 6. The van der Waals surface area contributed by atoms with Gasteiger partial charge in [-0.25, -0.2) is 4.79 Å². The number of hydrogen-bond acceptors (Lipinski definition) is 5. The number of carbonyl (C=O) groups excluding carboxylic acids is 1. The van der Waals surface area contributed by atoms with Gasteiger partial charge in [-0.05, 0) is 55.5 Å². The number of carbonyl (C=O) groups is 1. The molecule has 5 nitrogen and oxygen atoms in total. The zero-order valence-corrected chi connectivity index (χ0v) is 14.2. The SMILES string of the molecule is C=C(C(=O)Oc1ccc(OC)c(OC2CCCC2)c1)c1ccncc1. The molecule has 2 aromatic rings. The summed E-state index contributed by atoms with van der Waals surface area (Å²) in [7, 11) is 1.59. The van der Waals surface area contributed by atoms with Crippen molar-refractivity contribution in [3.05, 3.63) is 54.9 Å². The highest BCUT2D eigenvalue weighted by Crippen LogP contribution is 2.35. The molecule has 1 heterocycles. The molecule has 1 fully saturated rings. The van der Waals surface area contributed by atoms with Gasteiger partial charge >= 0.3 is 5.97 Å². The van der Waals surface area contributed by atoms with Crippen LogP contribution >= 0.6 is 0 Å². The van der Waals surface area contributed by atoms with Gasteiger partial charge in [0.2, 0.25) is 0 Å². The van der Waals surface area contributed by atoms with Crippen LogP contribution < -0.4 is 14.2 Å². The molecule has 25 heavy (non-hydrogen) atoms. The minimum absolute atomic E-state index is 0.187. The Kier molecular flexibility index (Phi) is 5.33. The number of benzene rings is 1. The largest absolute Gasteiger partial charge is 0.493 e. The maximum absolute atomic E-state index is 12.3. The lowest BCUT2D eigenvalue weighted by Gasteiger charge is -2.17. The molecule has 1 aromatic carbocycles. The Morgan fingerprint density at radius 1 is 1.12 bits per heavy atom. The summed E-state index contributed by atoms with van der Waals surface area (Å²) >= 11 is 0. The number of methoxy groups -OCH3 is 1. The van der Waals surface area contributed by atoms with E-state index in [1.54, 1.807) is 49.8 Å². The highest BCUT2D eigenvalue weighted by molar-refractivity contribution is 6.16. The van der Waals surface area contributed by atoms with E-state index >= 15 is 0 Å². The lowest BCUT2D eigenvalue weighted by molar-refractivity contribution is -0.127.